The van der Waals surface area contributed by atoms with Gasteiger partial charge < -0.3 is 5.11 Å². The zero-order valence-corrected chi connectivity index (χ0v) is 11.4. The smallest absolute Gasteiger partial charge is 0.107 e. The lowest BCUT2D eigenvalue weighted by atomic mass is 10.3. The van der Waals surface area contributed by atoms with E-state index in [2.05, 4.69) is 25.9 Å². The van der Waals surface area contributed by atoms with Gasteiger partial charge in [-0.05, 0) is 24.3 Å². The van der Waals surface area contributed by atoms with Gasteiger partial charge in [-0.2, -0.15) is 0 Å². The number of halogens is 1. The second-order valence-electron chi connectivity index (χ2n) is 3.41. The van der Waals surface area contributed by atoms with Crippen molar-refractivity contribution in [3.05, 3.63) is 53.0 Å². The van der Waals surface area contributed by atoms with Crippen LogP contribution in [0.3, 0.4) is 0 Å². The van der Waals surface area contributed by atoms with Crippen LogP contribution in [0.2, 0.25) is 0 Å². The summed E-state index contributed by atoms with van der Waals surface area (Å²) in [7, 11) is 0. The molecule has 0 saturated carbocycles. The lowest BCUT2D eigenvalue weighted by Gasteiger charge is -2.08. The van der Waals surface area contributed by atoms with Gasteiger partial charge in [0.1, 0.15) is 6.10 Å². The molecule has 0 aliphatic rings. The summed E-state index contributed by atoms with van der Waals surface area (Å²) in [5.74, 6) is 0.570. The molecular formula is C12H11BrN2OS. The fraction of sp³-hybridized carbons (Fsp3) is 0.167. The normalized spacial score (nSPS) is 12.4. The third-order valence-corrected chi connectivity index (χ3v) is 3.76. The molecule has 0 fully saturated rings. The van der Waals surface area contributed by atoms with Crippen LogP contribution in [0.4, 0.5) is 0 Å². The zero-order valence-electron chi connectivity index (χ0n) is 8.95. The van der Waals surface area contributed by atoms with E-state index in [9.17, 15) is 5.11 Å². The fourth-order valence-corrected chi connectivity index (χ4v) is 2.39. The molecule has 1 N–H and O–H groups in total. The van der Waals surface area contributed by atoms with Crippen LogP contribution in [0.5, 0.6) is 0 Å². The summed E-state index contributed by atoms with van der Waals surface area (Å²) >= 11 is 4.98. The summed E-state index contributed by atoms with van der Waals surface area (Å²) in [5.41, 5.74) is 0.608. The maximum Gasteiger partial charge on any atom is 0.107 e. The van der Waals surface area contributed by atoms with Crippen LogP contribution >= 0.6 is 27.7 Å². The highest BCUT2D eigenvalue weighted by molar-refractivity contribution is 9.10. The quantitative estimate of drug-likeness (QED) is 0.882. The number of nitrogens with zero attached hydrogens (tertiary/aromatic N) is 2. The Labute approximate surface area is 112 Å². The predicted octanol–water partition coefficient (Wildman–Crippen LogP) is 3.06. The minimum atomic E-state index is -0.586. The molecule has 5 heteroatoms. The first-order chi connectivity index (χ1) is 8.25. The first-order valence-electron chi connectivity index (χ1n) is 5.08. The van der Waals surface area contributed by atoms with Crippen molar-refractivity contribution >= 4 is 27.7 Å². The largest absolute Gasteiger partial charge is 0.386 e. The highest BCUT2D eigenvalue weighted by Gasteiger charge is 2.09. The van der Waals surface area contributed by atoms with E-state index < -0.39 is 6.10 Å². The van der Waals surface area contributed by atoms with Gasteiger partial charge in [-0.15, -0.1) is 11.8 Å². The molecule has 2 aromatic rings. The Balaban J connectivity index is 1.92. The number of aliphatic hydroxyl groups is 1. The number of thioether (sulfide) groups is 1. The maximum atomic E-state index is 9.90. The molecule has 1 aromatic heterocycles. The number of hydrogen-bond acceptors (Lipinski definition) is 4. The van der Waals surface area contributed by atoms with Crippen molar-refractivity contribution in [2.24, 2.45) is 0 Å². The lowest BCUT2D eigenvalue weighted by molar-refractivity contribution is 0.198. The molecule has 1 unspecified atom stereocenters. The van der Waals surface area contributed by atoms with Gasteiger partial charge in [0.2, 0.25) is 0 Å². The van der Waals surface area contributed by atoms with Crippen molar-refractivity contribution in [2.75, 3.05) is 5.75 Å². The van der Waals surface area contributed by atoms with E-state index in [1.54, 1.807) is 30.4 Å². The third-order valence-electron chi connectivity index (χ3n) is 2.15. The Hall–Kier alpha value is -0.910. The van der Waals surface area contributed by atoms with E-state index >= 15 is 0 Å². The second kappa shape index (κ2) is 6.14. The van der Waals surface area contributed by atoms with Crippen LogP contribution in [0.25, 0.3) is 0 Å². The molecule has 3 nitrogen and oxygen atoms in total. The summed E-state index contributed by atoms with van der Waals surface area (Å²) in [6.45, 7) is 0. The van der Waals surface area contributed by atoms with Gasteiger partial charge in [-0.3, -0.25) is 9.97 Å². The van der Waals surface area contributed by atoms with Crippen molar-refractivity contribution in [1.82, 2.24) is 9.97 Å². The van der Waals surface area contributed by atoms with Gasteiger partial charge in [0.05, 0.1) is 11.9 Å². The highest BCUT2D eigenvalue weighted by Crippen LogP contribution is 2.24. The number of aliphatic hydroxyl groups excluding tert-OH is 1. The number of benzene rings is 1. The highest BCUT2D eigenvalue weighted by atomic mass is 79.9. The van der Waals surface area contributed by atoms with Crippen LogP contribution in [0, 0.1) is 0 Å². The molecule has 0 radical (unpaired) electrons. The molecule has 0 bridgehead atoms. The van der Waals surface area contributed by atoms with E-state index in [-0.39, 0.29) is 0 Å². The molecule has 1 atom stereocenters. The summed E-state index contributed by atoms with van der Waals surface area (Å²) in [6.07, 6.45) is 4.19. The standard InChI is InChI=1S/C12H11BrN2OS/c13-9-1-3-10(4-2-9)17-8-12(16)11-7-14-5-6-15-11/h1-7,12,16H,8H2. The molecule has 0 spiro atoms. The molecule has 0 saturated heterocycles. The zero-order chi connectivity index (χ0) is 12.1. The van der Waals surface area contributed by atoms with Crippen molar-refractivity contribution in [2.45, 2.75) is 11.0 Å². The Morgan fingerprint density at radius 3 is 2.65 bits per heavy atom. The Bertz CT molecular complexity index is 464. The number of rotatable bonds is 4. The first kappa shape index (κ1) is 12.5. The van der Waals surface area contributed by atoms with Gasteiger partial charge in [-0.1, -0.05) is 15.9 Å². The average molecular weight is 311 g/mol. The lowest BCUT2D eigenvalue weighted by Crippen LogP contribution is -2.03. The van der Waals surface area contributed by atoms with Crippen LogP contribution in [-0.4, -0.2) is 20.8 Å². The summed E-state index contributed by atoms with van der Waals surface area (Å²) in [5, 5.41) is 9.90. The molecule has 88 valence electrons. The summed E-state index contributed by atoms with van der Waals surface area (Å²) < 4.78 is 1.05. The monoisotopic (exact) mass is 310 g/mol. The summed E-state index contributed by atoms with van der Waals surface area (Å²) in [4.78, 5) is 9.13. The molecule has 1 aromatic carbocycles. The van der Waals surface area contributed by atoms with Crippen LogP contribution in [0.15, 0.2) is 52.2 Å². The Morgan fingerprint density at radius 1 is 1.24 bits per heavy atom. The van der Waals surface area contributed by atoms with Crippen molar-refractivity contribution in [1.29, 1.82) is 0 Å². The first-order valence-corrected chi connectivity index (χ1v) is 6.86. The average Bonchev–Trinajstić information content (AvgIpc) is 2.39. The Kier molecular flexibility index (Phi) is 4.53. The molecule has 2 rings (SSSR count). The molecule has 1 heterocycles. The minimum absolute atomic E-state index is 0.570. The second-order valence-corrected chi connectivity index (χ2v) is 5.42. The predicted molar refractivity (Wildman–Crippen MR) is 71.9 cm³/mol. The van der Waals surface area contributed by atoms with Crippen LogP contribution in [0.1, 0.15) is 11.8 Å². The van der Waals surface area contributed by atoms with Crippen molar-refractivity contribution < 1.29 is 5.11 Å². The van der Waals surface area contributed by atoms with Gasteiger partial charge >= 0.3 is 0 Å². The maximum absolute atomic E-state index is 9.90. The van der Waals surface area contributed by atoms with Crippen LogP contribution < -0.4 is 0 Å². The third kappa shape index (κ3) is 3.80. The number of aromatic nitrogens is 2. The SMILES string of the molecule is OC(CSc1ccc(Br)cc1)c1cnccn1. The van der Waals surface area contributed by atoms with Gasteiger partial charge in [0, 0.05) is 27.5 Å². The van der Waals surface area contributed by atoms with Crippen LogP contribution in [-0.2, 0) is 0 Å². The molecule has 0 aliphatic heterocycles. The van der Waals surface area contributed by atoms with E-state index in [1.807, 2.05) is 24.3 Å². The molecule has 0 aliphatic carbocycles. The topological polar surface area (TPSA) is 46.0 Å². The summed E-state index contributed by atoms with van der Waals surface area (Å²) in [6, 6.07) is 7.99. The van der Waals surface area contributed by atoms with E-state index in [1.165, 1.54) is 0 Å². The molecule has 0 amide bonds. The Morgan fingerprint density at radius 2 is 2.00 bits per heavy atom. The van der Waals surface area contributed by atoms with Gasteiger partial charge in [-0.25, -0.2) is 0 Å². The fourth-order valence-electron chi connectivity index (χ4n) is 1.27. The van der Waals surface area contributed by atoms with E-state index in [0.717, 1.165) is 9.37 Å². The molecule has 17 heavy (non-hydrogen) atoms. The van der Waals surface area contributed by atoms with Crippen molar-refractivity contribution in [3.8, 4) is 0 Å². The van der Waals surface area contributed by atoms with E-state index in [4.69, 9.17) is 0 Å². The minimum Gasteiger partial charge on any atom is -0.386 e. The molecular weight excluding hydrogens is 300 g/mol. The van der Waals surface area contributed by atoms with Gasteiger partial charge in [0.25, 0.3) is 0 Å². The number of hydrogen-bond donors (Lipinski definition) is 1. The van der Waals surface area contributed by atoms with Crippen molar-refractivity contribution in [3.63, 3.8) is 0 Å². The van der Waals surface area contributed by atoms with Gasteiger partial charge in [0.15, 0.2) is 0 Å². The van der Waals surface area contributed by atoms with E-state index in [0.29, 0.717) is 11.4 Å².